The van der Waals surface area contributed by atoms with Gasteiger partial charge in [-0.05, 0) is 23.3 Å². The van der Waals surface area contributed by atoms with Crippen LogP contribution in [0.2, 0.25) is 0 Å². The molecular weight excluding hydrogens is 450 g/mol. The summed E-state index contributed by atoms with van der Waals surface area (Å²) in [6.45, 7) is 2.17. The van der Waals surface area contributed by atoms with Gasteiger partial charge < -0.3 is 30.1 Å². The summed E-state index contributed by atoms with van der Waals surface area (Å²) in [6.07, 6.45) is 3.90. The van der Waals surface area contributed by atoms with Gasteiger partial charge in [0.1, 0.15) is 11.8 Å². The summed E-state index contributed by atoms with van der Waals surface area (Å²) in [7, 11) is 0. The molecule has 2 aromatic carbocycles. The van der Waals surface area contributed by atoms with Gasteiger partial charge in [-0.25, -0.2) is 4.79 Å². The molecule has 1 unspecified atom stereocenters. The van der Waals surface area contributed by atoms with Gasteiger partial charge in [-0.15, -0.1) is 0 Å². The van der Waals surface area contributed by atoms with Crippen molar-refractivity contribution in [1.29, 1.82) is 0 Å². The van der Waals surface area contributed by atoms with Crippen molar-refractivity contribution in [2.45, 2.75) is 12.5 Å². The van der Waals surface area contributed by atoms with Crippen LogP contribution >= 0.6 is 0 Å². The van der Waals surface area contributed by atoms with E-state index in [4.69, 9.17) is 14.6 Å². The lowest BCUT2D eigenvalue weighted by Gasteiger charge is -2.31. The molecule has 1 aliphatic heterocycles. The number of carbonyl (C=O) groups is 2. The number of aliphatic hydroxyl groups is 1. The number of ether oxygens (including phenoxy) is 2. The maximum absolute atomic E-state index is 13.3. The van der Waals surface area contributed by atoms with E-state index in [1.54, 1.807) is 29.4 Å². The van der Waals surface area contributed by atoms with Crippen molar-refractivity contribution >= 4 is 17.6 Å². The molecule has 1 saturated heterocycles. The number of aliphatic hydroxyl groups excluding tert-OH is 1. The van der Waals surface area contributed by atoms with Gasteiger partial charge in [0.2, 0.25) is 5.91 Å². The first-order chi connectivity index (χ1) is 17.2. The Balaban J connectivity index is 1.52. The molecule has 1 aromatic heterocycles. The third kappa shape index (κ3) is 6.37. The highest BCUT2D eigenvalue weighted by Crippen LogP contribution is 2.31. The van der Waals surface area contributed by atoms with Crippen LogP contribution in [0.3, 0.4) is 0 Å². The number of amides is 3. The zero-order valence-corrected chi connectivity index (χ0v) is 19.3. The zero-order chi connectivity index (χ0) is 24.5. The van der Waals surface area contributed by atoms with Crippen molar-refractivity contribution in [2.24, 2.45) is 0 Å². The number of anilines is 1. The number of benzene rings is 2. The Morgan fingerprint density at radius 3 is 2.66 bits per heavy atom. The van der Waals surface area contributed by atoms with E-state index < -0.39 is 12.1 Å². The van der Waals surface area contributed by atoms with Crippen LogP contribution in [0.1, 0.15) is 18.0 Å². The quantitative estimate of drug-likeness (QED) is 0.349. The van der Waals surface area contributed by atoms with Gasteiger partial charge in [0.25, 0.3) is 0 Å². The maximum Gasteiger partial charge on any atom is 0.320 e. The van der Waals surface area contributed by atoms with Crippen LogP contribution in [0.15, 0.2) is 60.9 Å². The number of nitrogens with one attached hydrogen (secondary N) is 3. The Morgan fingerprint density at radius 2 is 1.94 bits per heavy atom. The van der Waals surface area contributed by atoms with Crippen LogP contribution in [0, 0.1) is 0 Å². The monoisotopic (exact) mass is 479 g/mol. The summed E-state index contributed by atoms with van der Waals surface area (Å²) in [4.78, 5) is 28.0. The van der Waals surface area contributed by atoms with Gasteiger partial charge in [-0.1, -0.05) is 36.4 Å². The first-order valence-electron chi connectivity index (χ1n) is 11.5. The molecule has 0 aliphatic carbocycles. The topological polar surface area (TPSA) is 129 Å². The number of aromatic amines is 1. The maximum atomic E-state index is 13.3. The van der Waals surface area contributed by atoms with Gasteiger partial charge in [0.05, 0.1) is 31.7 Å². The Labute approximate surface area is 203 Å². The molecule has 2 heterocycles. The Bertz CT molecular complexity index is 1100. The van der Waals surface area contributed by atoms with E-state index in [1.165, 1.54) is 0 Å². The Morgan fingerprint density at radius 1 is 1.14 bits per heavy atom. The second-order valence-electron chi connectivity index (χ2n) is 8.00. The molecule has 0 spiro atoms. The van der Waals surface area contributed by atoms with Crippen LogP contribution in [-0.4, -0.2) is 71.7 Å². The van der Waals surface area contributed by atoms with Crippen LogP contribution in [0.4, 0.5) is 10.5 Å². The number of morpholine rings is 1. The molecule has 1 atom stereocenters. The minimum Gasteiger partial charge on any atom is -0.491 e. The second-order valence-corrected chi connectivity index (χ2v) is 8.00. The van der Waals surface area contributed by atoms with Crippen molar-refractivity contribution < 1.29 is 24.2 Å². The minimum absolute atomic E-state index is 0.00687. The normalized spacial score (nSPS) is 14.3. The highest BCUT2D eigenvalue weighted by molar-refractivity contribution is 5.95. The lowest BCUT2D eigenvalue weighted by Crippen LogP contribution is -2.48. The number of urea groups is 1. The van der Waals surface area contributed by atoms with Gasteiger partial charge in [0.15, 0.2) is 0 Å². The summed E-state index contributed by atoms with van der Waals surface area (Å²) in [5.41, 5.74) is 2.86. The first-order valence-corrected chi connectivity index (χ1v) is 11.5. The Kier molecular flexibility index (Phi) is 8.31. The number of hydrogen-bond acceptors (Lipinski definition) is 6. The molecule has 1 fully saturated rings. The number of H-pyrrole nitrogens is 1. The molecule has 1 aliphatic rings. The molecule has 0 radical (unpaired) electrons. The van der Waals surface area contributed by atoms with Crippen LogP contribution < -0.4 is 15.4 Å². The van der Waals surface area contributed by atoms with E-state index in [-0.39, 0.29) is 19.1 Å². The van der Waals surface area contributed by atoms with Gasteiger partial charge in [0, 0.05) is 37.9 Å². The van der Waals surface area contributed by atoms with Crippen LogP contribution in [0.25, 0.3) is 11.1 Å². The highest BCUT2D eigenvalue weighted by atomic mass is 16.5. The fraction of sp³-hybridized carbons (Fsp3) is 0.320. The first kappa shape index (κ1) is 24.2. The van der Waals surface area contributed by atoms with Crippen molar-refractivity contribution in [3.05, 3.63) is 66.5 Å². The van der Waals surface area contributed by atoms with Gasteiger partial charge in [-0.2, -0.15) is 5.10 Å². The lowest BCUT2D eigenvalue weighted by molar-refractivity contribution is -0.137. The number of aromatic nitrogens is 2. The molecule has 4 N–H and O–H groups in total. The Hall–Kier alpha value is -3.89. The number of hydrogen-bond donors (Lipinski definition) is 4. The van der Waals surface area contributed by atoms with Crippen molar-refractivity contribution in [2.75, 3.05) is 44.8 Å². The lowest BCUT2D eigenvalue weighted by atomic mass is 10.1. The molecule has 184 valence electrons. The minimum atomic E-state index is -0.849. The fourth-order valence-electron chi connectivity index (χ4n) is 3.77. The summed E-state index contributed by atoms with van der Waals surface area (Å²) >= 11 is 0. The van der Waals surface area contributed by atoms with E-state index in [2.05, 4.69) is 20.8 Å². The molecule has 4 rings (SSSR count). The van der Waals surface area contributed by atoms with E-state index in [9.17, 15) is 9.59 Å². The molecule has 0 saturated carbocycles. The number of nitrogens with zero attached hydrogens (tertiary/aromatic N) is 2. The molecule has 10 nitrogen and oxygen atoms in total. The molecule has 35 heavy (non-hydrogen) atoms. The fourth-order valence-corrected chi connectivity index (χ4v) is 3.77. The van der Waals surface area contributed by atoms with Crippen molar-refractivity contribution in [1.82, 2.24) is 20.4 Å². The van der Waals surface area contributed by atoms with E-state index in [0.29, 0.717) is 49.7 Å². The average molecular weight is 480 g/mol. The number of rotatable bonds is 9. The highest BCUT2D eigenvalue weighted by Gasteiger charge is 2.29. The summed E-state index contributed by atoms with van der Waals surface area (Å²) in [6, 6.07) is 13.1. The van der Waals surface area contributed by atoms with Gasteiger partial charge >= 0.3 is 6.03 Å². The summed E-state index contributed by atoms with van der Waals surface area (Å²) < 4.78 is 11.2. The zero-order valence-electron chi connectivity index (χ0n) is 19.3. The van der Waals surface area contributed by atoms with Crippen LogP contribution in [-0.2, 0) is 9.53 Å². The summed E-state index contributed by atoms with van der Waals surface area (Å²) in [5.74, 6) is 0.257. The third-order valence-electron chi connectivity index (χ3n) is 5.60. The second kappa shape index (κ2) is 12.0. The average Bonchev–Trinajstić information content (AvgIpc) is 3.44. The van der Waals surface area contributed by atoms with Crippen LogP contribution in [0.5, 0.6) is 5.75 Å². The molecule has 10 heteroatoms. The van der Waals surface area contributed by atoms with E-state index in [1.807, 2.05) is 36.4 Å². The van der Waals surface area contributed by atoms with Crippen molar-refractivity contribution in [3.63, 3.8) is 0 Å². The number of carbonyl (C=O) groups excluding carboxylic acids is 2. The van der Waals surface area contributed by atoms with Crippen molar-refractivity contribution in [3.8, 4) is 16.9 Å². The largest absolute Gasteiger partial charge is 0.491 e. The van der Waals surface area contributed by atoms with E-state index >= 15 is 0 Å². The predicted octanol–water partition coefficient (Wildman–Crippen LogP) is 2.56. The SMILES string of the molecule is O=C(Nc1ccc(-c2cn[nH]c2)cc1OCCCO)NC(C(=O)N1CCOCC1)c1ccccc1. The predicted molar refractivity (Wildman–Crippen MR) is 130 cm³/mol. The molecule has 3 aromatic rings. The molecule has 0 bridgehead atoms. The third-order valence-corrected chi connectivity index (χ3v) is 5.60. The molecular formula is C25H29N5O5. The molecule has 3 amide bonds. The standard InChI is InChI=1S/C25H29N5O5/c31-11-4-12-35-22-15-19(20-16-26-27-17-20)7-8-21(22)28-25(33)29-23(18-5-2-1-3-6-18)24(32)30-9-13-34-14-10-30/h1-3,5-8,15-17,23,31H,4,9-14H2,(H,26,27)(H2,28,29,33). The summed E-state index contributed by atoms with van der Waals surface area (Å²) in [5, 5.41) is 21.5. The smallest absolute Gasteiger partial charge is 0.320 e. The van der Waals surface area contributed by atoms with E-state index in [0.717, 1.165) is 11.1 Å². The van der Waals surface area contributed by atoms with Gasteiger partial charge in [-0.3, -0.25) is 9.89 Å².